The average molecular weight is 363 g/mol. The molecular formula is C22H34O4. The molecule has 0 amide bonds. The molecular weight excluding hydrogens is 328 g/mol. The van der Waals surface area contributed by atoms with E-state index in [0.29, 0.717) is 22.8 Å². The lowest BCUT2D eigenvalue weighted by Gasteiger charge is -2.57. The second kappa shape index (κ2) is 5.91. The minimum absolute atomic E-state index is 0.206. The van der Waals surface area contributed by atoms with Crippen LogP contribution in [-0.4, -0.2) is 45.8 Å². The van der Waals surface area contributed by atoms with Gasteiger partial charge in [-0.15, -0.1) is 0 Å². The van der Waals surface area contributed by atoms with Gasteiger partial charge in [0.2, 0.25) is 0 Å². The zero-order valence-corrected chi connectivity index (χ0v) is 16.5. The Kier molecular flexibility index (Phi) is 4.24. The van der Waals surface area contributed by atoms with Gasteiger partial charge in [-0.1, -0.05) is 38.8 Å². The van der Waals surface area contributed by atoms with Crippen LogP contribution in [0.5, 0.6) is 0 Å². The van der Waals surface area contributed by atoms with Gasteiger partial charge < -0.3 is 20.1 Å². The summed E-state index contributed by atoms with van der Waals surface area (Å²) in [5, 5.41) is 30.6. The van der Waals surface area contributed by atoms with E-state index in [2.05, 4.69) is 33.8 Å². The molecule has 26 heavy (non-hydrogen) atoms. The molecule has 1 saturated carbocycles. The minimum Gasteiger partial charge on any atom is -0.392 e. The molecule has 4 heteroatoms. The third-order valence-corrected chi connectivity index (χ3v) is 8.31. The molecule has 0 aromatic carbocycles. The summed E-state index contributed by atoms with van der Waals surface area (Å²) in [4.78, 5) is 0. The number of hydrogen-bond acceptors (Lipinski definition) is 4. The number of fused-ring (bicyclic) bond motifs is 2. The van der Waals surface area contributed by atoms with E-state index in [0.717, 1.165) is 12.8 Å². The molecule has 1 aliphatic heterocycles. The van der Waals surface area contributed by atoms with Gasteiger partial charge in [0, 0.05) is 0 Å². The SMILES string of the molecule is CC1=CC[C@H]2C(C)(C)CCC[C@]2(C)[C@@H]1C[C@@]12O[C@@H]1[C@@H](O)C(CO)=C[C@@H]2O. The molecule has 2 fully saturated rings. The molecule has 146 valence electrons. The molecule has 4 aliphatic rings. The van der Waals surface area contributed by atoms with Crippen LogP contribution in [0, 0.1) is 22.7 Å². The van der Waals surface area contributed by atoms with E-state index < -0.39 is 23.9 Å². The third-order valence-electron chi connectivity index (χ3n) is 8.31. The number of rotatable bonds is 3. The normalized spacial score (nSPS) is 49.6. The third kappa shape index (κ3) is 2.49. The molecule has 0 radical (unpaired) electrons. The van der Waals surface area contributed by atoms with Crippen LogP contribution in [0.3, 0.4) is 0 Å². The number of epoxide rings is 1. The highest BCUT2D eigenvalue weighted by molar-refractivity contribution is 5.33. The van der Waals surface area contributed by atoms with E-state index in [-0.39, 0.29) is 12.0 Å². The van der Waals surface area contributed by atoms with Crippen LogP contribution in [0.1, 0.15) is 59.8 Å². The van der Waals surface area contributed by atoms with Gasteiger partial charge in [0.15, 0.2) is 0 Å². The first-order chi connectivity index (χ1) is 12.2. The van der Waals surface area contributed by atoms with E-state index in [9.17, 15) is 15.3 Å². The maximum Gasteiger partial charge on any atom is 0.128 e. The maximum absolute atomic E-state index is 10.7. The standard InChI is InChI=1S/C22H34O4/c1-13-6-7-16-20(2,3)8-5-9-21(16,4)15(13)11-22-17(24)10-14(12-23)18(25)19(22)26-22/h6,10,15-19,23-25H,5,7-9,11-12H2,1-4H3/t15-,16+,17+,18+,19-,21-,22+/m1/s1. The van der Waals surface area contributed by atoms with Crippen LogP contribution in [0.25, 0.3) is 0 Å². The quantitative estimate of drug-likeness (QED) is 0.533. The summed E-state index contributed by atoms with van der Waals surface area (Å²) >= 11 is 0. The number of aliphatic hydroxyl groups excluding tert-OH is 3. The van der Waals surface area contributed by atoms with E-state index in [1.807, 2.05) is 0 Å². The fraction of sp³-hybridized carbons (Fsp3) is 0.818. The van der Waals surface area contributed by atoms with E-state index in [1.165, 1.54) is 24.8 Å². The van der Waals surface area contributed by atoms with Crippen molar-refractivity contribution < 1.29 is 20.1 Å². The van der Waals surface area contributed by atoms with Crippen molar-refractivity contribution in [2.24, 2.45) is 22.7 Å². The molecule has 4 nitrogen and oxygen atoms in total. The number of hydrogen-bond donors (Lipinski definition) is 3. The fourth-order valence-corrected chi connectivity index (χ4v) is 6.69. The number of ether oxygens (including phenoxy) is 1. The molecule has 0 spiro atoms. The lowest BCUT2D eigenvalue weighted by atomic mass is 9.47. The van der Waals surface area contributed by atoms with Crippen LogP contribution in [0.2, 0.25) is 0 Å². The first-order valence-electron chi connectivity index (χ1n) is 10.2. The molecule has 0 unspecified atom stereocenters. The van der Waals surface area contributed by atoms with Crippen molar-refractivity contribution >= 4 is 0 Å². The zero-order chi connectivity index (χ0) is 18.9. The first kappa shape index (κ1) is 18.7. The molecule has 1 heterocycles. The van der Waals surface area contributed by atoms with Gasteiger partial charge in [-0.05, 0) is 66.9 Å². The van der Waals surface area contributed by atoms with Crippen LogP contribution < -0.4 is 0 Å². The molecule has 0 bridgehead atoms. The Morgan fingerprint density at radius 1 is 1.19 bits per heavy atom. The van der Waals surface area contributed by atoms with Gasteiger partial charge in [-0.3, -0.25) is 0 Å². The number of aliphatic hydroxyl groups is 3. The van der Waals surface area contributed by atoms with Crippen molar-refractivity contribution in [3.63, 3.8) is 0 Å². The van der Waals surface area contributed by atoms with E-state index >= 15 is 0 Å². The molecule has 3 N–H and O–H groups in total. The predicted molar refractivity (Wildman–Crippen MR) is 100 cm³/mol. The highest BCUT2D eigenvalue weighted by atomic mass is 16.6. The Labute approximate surface area is 156 Å². The zero-order valence-electron chi connectivity index (χ0n) is 16.5. The topological polar surface area (TPSA) is 73.2 Å². The Hall–Kier alpha value is -0.680. The summed E-state index contributed by atoms with van der Waals surface area (Å²) in [7, 11) is 0. The lowest BCUT2D eigenvalue weighted by Crippen LogP contribution is -2.51. The average Bonchev–Trinajstić information content (AvgIpc) is 3.30. The maximum atomic E-state index is 10.7. The molecule has 3 aliphatic carbocycles. The van der Waals surface area contributed by atoms with Gasteiger partial charge in [0.25, 0.3) is 0 Å². The summed E-state index contributed by atoms with van der Waals surface area (Å²) in [5.74, 6) is 0.997. The molecule has 1 saturated heterocycles. The van der Waals surface area contributed by atoms with Crippen molar-refractivity contribution in [2.75, 3.05) is 6.61 Å². The van der Waals surface area contributed by atoms with Crippen LogP contribution in [0.4, 0.5) is 0 Å². The summed E-state index contributed by atoms with van der Waals surface area (Å²) < 4.78 is 5.96. The van der Waals surface area contributed by atoms with Crippen molar-refractivity contribution in [1.82, 2.24) is 0 Å². The second-order valence-electron chi connectivity index (χ2n) is 10.1. The van der Waals surface area contributed by atoms with Gasteiger partial charge in [0.1, 0.15) is 23.9 Å². The number of allylic oxidation sites excluding steroid dienone is 2. The highest BCUT2D eigenvalue weighted by Crippen LogP contribution is 2.63. The van der Waals surface area contributed by atoms with Gasteiger partial charge >= 0.3 is 0 Å². The van der Waals surface area contributed by atoms with Crippen molar-refractivity contribution in [2.45, 2.75) is 83.7 Å². The first-order valence-corrected chi connectivity index (χ1v) is 10.2. The van der Waals surface area contributed by atoms with Gasteiger partial charge in [0.05, 0.1) is 6.61 Å². The van der Waals surface area contributed by atoms with Crippen molar-refractivity contribution in [3.8, 4) is 0 Å². The largest absolute Gasteiger partial charge is 0.392 e. The fourth-order valence-electron chi connectivity index (χ4n) is 6.69. The van der Waals surface area contributed by atoms with Gasteiger partial charge in [-0.25, -0.2) is 0 Å². The van der Waals surface area contributed by atoms with E-state index in [4.69, 9.17) is 4.74 Å². The minimum atomic E-state index is -0.803. The van der Waals surface area contributed by atoms with Crippen molar-refractivity contribution in [1.29, 1.82) is 0 Å². The van der Waals surface area contributed by atoms with Crippen LogP contribution in [0.15, 0.2) is 23.3 Å². The van der Waals surface area contributed by atoms with Crippen molar-refractivity contribution in [3.05, 3.63) is 23.3 Å². The summed E-state index contributed by atoms with van der Waals surface area (Å²) in [5.41, 5.74) is 1.73. The predicted octanol–water partition coefficient (Wildman–Crippen LogP) is 2.97. The Morgan fingerprint density at radius 2 is 1.92 bits per heavy atom. The van der Waals surface area contributed by atoms with E-state index in [1.54, 1.807) is 6.08 Å². The Morgan fingerprint density at radius 3 is 2.62 bits per heavy atom. The second-order valence-corrected chi connectivity index (χ2v) is 10.1. The smallest absolute Gasteiger partial charge is 0.128 e. The highest BCUT2D eigenvalue weighted by Gasteiger charge is 2.68. The molecule has 4 rings (SSSR count). The molecule has 7 atom stereocenters. The Bertz CT molecular complexity index is 651. The monoisotopic (exact) mass is 362 g/mol. The lowest BCUT2D eigenvalue weighted by molar-refractivity contribution is -0.0506. The summed E-state index contributed by atoms with van der Waals surface area (Å²) in [6.07, 6.45) is 7.70. The van der Waals surface area contributed by atoms with Crippen LogP contribution in [-0.2, 0) is 4.74 Å². The molecule has 0 aromatic heterocycles. The molecule has 0 aromatic rings. The summed E-state index contributed by atoms with van der Waals surface area (Å²) in [6, 6.07) is 0. The Balaban J connectivity index is 1.65. The summed E-state index contributed by atoms with van der Waals surface area (Å²) in [6.45, 7) is 9.25. The van der Waals surface area contributed by atoms with Crippen LogP contribution >= 0.6 is 0 Å². The van der Waals surface area contributed by atoms with Gasteiger partial charge in [-0.2, -0.15) is 0 Å².